The molecule has 2 N–H and O–H groups in total. The summed E-state index contributed by atoms with van der Waals surface area (Å²) < 4.78 is 0. The monoisotopic (exact) mass is 318 g/mol. The first-order valence-electron chi connectivity index (χ1n) is 7.31. The molecule has 0 bridgehead atoms. The number of anilines is 1. The van der Waals surface area contributed by atoms with Crippen LogP contribution in [0.15, 0.2) is 29.0 Å². The molecule has 22 heavy (non-hydrogen) atoms. The van der Waals surface area contributed by atoms with E-state index in [1.807, 2.05) is 21.7 Å². The van der Waals surface area contributed by atoms with Crippen molar-refractivity contribution >= 4 is 23.1 Å². The summed E-state index contributed by atoms with van der Waals surface area (Å²) in [5.74, 6) is -0.276. The second-order valence-corrected chi connectivity index (χ2v) is 6.30. The van der Waals surface area contributed by atoms with Crippen molar-refractivity contribution in [1.29, 1.82) is 0 Å². The highest BCUT2D eigenvalue weighted by Crippen LogP contribution is 2.29. The summed E-state index contributed by atoms with van der Waals surface area (Å²) in [7, 11) is 0. The Balaban J connectivity index is 1.99. The standard InChI is InChI=1S/C16H18N2O3S/c19-9-11-2-1-6-18(8-11)15-13(16(20)21)3-4-14(17-15)12-5-7-22-10-12/h3-5,7,10-11,19H,1-2,6,8-9H2,(H,20,21)/t11-/m1/s1. The number of aromatic carboxylic acids is 1. The molecule has 6 heteroatoms. The van der Waals surface area contributed by atoms with Gasteiger partial charge in [0.05, 0.1) is 5.69 Å². The van der Waals surface area contributed by atoms with Crippen molar-refractivity contribution in [3.05, 3.63) is 34.5 Å². The normalized spacial score (nSPS) is 18.4. The smallest absolute Gasteiger partial charge is 0.339 e. The number of carbonyl (C=O) groups is 1. The molecule has 2 aromatic heterocycles. The largest absolute Gasteiger partial charge is 0.478 e. The number of hydrogen-bond acceptors (Lipinski definition) is 5. The summed E-state index contributed by atoms with van der Waals surface area (Å²) in [6, 6.07) is 5.35. The fourth-order valence-electron chi connectivity index (χ4n) is 2.83. The van der Waals surface area contributed by atoms with Crippen molar-refractivity contribution in [1.82, 2.24) is 4.98 Å². The SMILES string of the molecule is O=C(O)c1ccc(-c2ccsc2)nc1N1CCC[C@@H](CO)C1. The Morgan fingerprint density at radius 1 is 1.41 bits per heavy atom. The number of aliphatic hydroxyl groups excluding tert-OH is 1. The van der Waals surface area contributed by atoms with Crippen LogP contribution >= 0.6 is 11.3 Å². The van der Waals surface area contributed by atoms with E-state index in [9.17, 15) is 15.0 Å². The number of aromatic nitrogens is 1. The maximum atomic E-state index is 11.5. The van der Waals surface area contributed by atoms with E-state index in [1.54, 1.807) is 23.5 Å². The van der Waals surface area contributed by atoms with Gasteiger partial charge in [-0.05, 0) is 42.3 Å². The van der Waals surface area contributed by atoms with Crippen LogP contribution in [0.2, 0.25) is 0 Å². The van der Waals surface area contributed by atoms with E-state index in [4.69, 9.17) is 0 Å². The number of rotatable bonds is 4. The lowest BCUT2D eigenvalue weighted by atomic mass is 9.98. The number of aliphatic hydroxyl groups is 1. The first kappa shape index (κ1) is 15.0. The van der Waals surface area contributed by atoms with Crippen LogP contribution in [0.3, 0.4) is 0 Å². The highest BCUT2D eigenvalue weighted by molar-refractivity contribution is 7.08. The van der Waals surface area contributed by atoms with E-state index in [0.29, 0.717) is 12.4 Å². The second-order valence-electron chi connectivity index (χ2n) is 5.52. The van der Waals surface area contributed by atoms with Crippen LogP contribution in [0, 0.1) is 5.92 Å². The second kappa shape index (κ2) is 6.46. The first-order valence-corrected chi connectivity index (χ1v) is 8.26. The lowest BCUT2D eigenvalue weighted by molar-refractivity contribution is 0.0697. The molecule has 1 fully saturated rings. The molecule has 0 radical (unpaired) electrons. The third-order valence-corrected chi connectivity index (χ3v) is 4.68. The number of nitrogens with zero attached hydrogens (tertiary/aromatic N) is 2. The number of carboxylic acids is 1. The van der Waals surface area contributed by atoms with E-state index in [2.05, 4.69) is 4.98 Å². The Labute approximate surface area is 132 Å². The van der Waals surface area contributed by atoms with Crippen LogP contribution in [-0.4, -0.2) is 40.9 Å². The van der Waals surface area contributed by atoms with Crippen molar-refractivity contribution in [2.24, 2.45) is 5.92 Å². The van der Waals surface area contributed by atoms with Crippen molar-refractivity contribution in [2.45, 2.75) is 12.8 Å². The van der Waals surface area contributed by atoms with Gasteiger partial charge in [-0.3, -0.25) is 0 Å². The van der Waals surface area contributed by atoms with Crippen molar-refractivity contribution in [3.63, 3.8) is 0 Å². The van der Waals surface area contributed by atoms with Crippen LogP contribution in [0.25, 0.3) is 11.3 Å². The van der Waals surface area contributed by atoms with Crippen LogP contribution in [-0.2, 0) is 0 Å². The molecule has 5 nitrogen and oxygen atoms in total. The molecule has 1 atom stereocenters. The van der Waals surface area contributed by atoms with Gasteiger partial charge in [0.1, 0.15) is 11.4 Å². The van der Waals surface area contributed by atoms with Gasteiger partial charge in [-0.25, -0.2) is 9.78 Å². The van der Waals surface area contributed by atoms with E-state index in [-0.39, 0.29) is 18.1 Å². The van der Waals surface area contributed by atoms with E-state index >= 15 is 0 Å². The summed E-state index contributed by atoms with van der Waals surface area (Å²) in [6.07, 6.45) is 1.91. The number of carboxylic acid groups (broad SMARTS) is 1. The third kappa shape index (κ3) is 2.98. The lowest BCUT2D eigenvalue weighted by Gasteiger charge is -2.33. The Kier molecular flexibility index (Phi) is 4.40. The lowest BCUT2D eigenvalue weighted by Crippen LogP contribution is -2.38. The van der Waals surface area contributed by atoms with Gasteiger partial charge in [-0.1, -0.05) is 0 Å². The number of hydrogen-bond donors (Lipinski definition) is 2. The maximum Gasteiger partial charge on any atom is 0.339 e. The minimum absolute atomic E-state index is 0.128. The highest BCUT2D eigenvalue weighted by Gasteiger charge is 2.24. The van der Waals surface area contributed by atoms with Gasteiger partial charge in [0.15, 0.2) is 0 Å². The molecule has 1 aliphatic heterocycles. The fourth-order valence-corrected chi connectivity index (χ4v) is 3.48. The van der Waals surface area contributed by atoms with Gasteiger partial charge in [-0.2, -0.15) is 11.3 Å². The molecule has 0 spiro atoms. The highest BCUT2D eigenvalue weighted by atomic mass is 32.1. The summed E-state index contributed by atoms with van der Waals surface area (Å²) in [5.41, 5.74) is 2.00. The average Bonchev–Trinajstić information content (AvgIpc) is 3.08. The minimum atomic E-state index is -0.967. The molecule has 0 unspecified atom stereocenters. The van der Waals surface area contributed by atoms with Gasteiger partial charge in [-0.15, -0.1) is 0 Å². The van der Waals surface area contributed by atoms with E-state index in [1.165, 1.54) is 0 Å². The topological polar surface area (TPSA) is 73.7 Å². The van der Waals surface area contributed by atoms with Gasteiger partial charge < -0.3 is 15.1 Å². The zero-order valence-corrected chi connectivity index (χ0v) is 12.9. The molecular formula is C16H18N2O3S. The average molecular weight is 318 g/mol. The fraction of sp³-hybridized carbons (Fsp3) is 0.375. The van der Waals surface area contributed by atoms with Gasteiger partial charge in [0.25, 0.3) is 0 Å². The summed E-state index contributed by atoms with van der Waals surface area (Å²) in [4.78, 5) is 18.1. The molecule has 3 rings (SSSR count). The molecule has 3 heterocycles. The third-order valence-electron chi connectivity index (χ3n) is 4.00. The quantitative estimate of drug-likeness (QED) is 0.907. The van der Waals surface area contributed by atoms with Gasteiger partial charge in [0.2, 0.25) is 0 Å². The number of piperidine rings is 1. The Morgan fingerprint density at radius 3 is 2.95 bits per heavy atom. The minimum Gasteiger partial charge on any atom is -0.478 e. The molecule has 2 aromatic rings. The summed E-state index contributed by atoms with van der Waals surface area (Å²) >= 11 is 1.59. The van der Waals surface area contributed by atoms with Crippen molar-refractivity contribution in [2.75, 3.05) is 24.6 Å². The molecule has 116 valence electrons. The predicted octanol–water partition coefficient (Wildman–Crippen LogP) is 2.72. The van der Waals surface area contributed by atoms with Crippen LogP contribution in [0.5, 0.6) is 0 Å². The molecule has 0 amide bonds. The zero-order valence-electron chi connectivity index (χ0n) is 12.1. The van der Waals surface area contributed by atoms with Crippen LogP contribution in [0.4, 0.5) is 5.82 Å². The van der Waals surface area contributed by atoms with E-state index in [0.717, 1.165) is 30.6 Å². The molecule has 0 aromatic carbocycles. The van der Waals surface area contributed by atoms with Gasteiger partial charge in [0, 0.05) is 30.6 Å². The number of thiophene rings is 1. The molecule has 1 saturated heterocycles. The molecule has 1 aliphatic rings. The Morgan fingerprint density at radius 2 is 2.27 bits per heavy atom. The predicted molar refractivity (Wildman–Crippen MR) is 86.5 cm³/mol. The summed E-state index contributed by atoms with van der Waals surface area (Å²) in [6.45, 7) is 1.55. The van der Waals surface area contributed by atoms with Crippen molar-refractivity contribution < 1.29 is 15.0 Å². The van der Waals surface area contributed by atoms with E-state index < -0.39 is 5.97 Å². The number of pyridine rings is 1. The van der Waals surface area contributed by atoms with Gasteiger partial charge >= 0.3 is 5.97 Å². The summed E-state index contributed by atoms with van der Waals surface area (Å²) in [5, 5.41) is 22.8. The Hall–Kier alpha value is -1.92. The zero-order chi connectivity index (χ0) is 15.5. The molecular weight excluding hydrogens is 300 g/mol. The Bertz CT molecular complexity index is 657. The maximum absolute atomic E-state index is 11.5. The van der Waals surface area contributed by atoms with Crippen molar-refractivity contribution in [3.8, 4) is 11.3 Å². The van der Waals surface area contributed by atoms with Crippen LogP contribution in [0.1, 0.15) is 23.2 Å². The molecule has 0 aliphatic carbocycles. The molecule has 0 saturated carbocycles. The first-order chi connectivity index (χ1) is 10.7. The van der Waals surface area contributed by atoms with Crippen LogP contribution < -0.4 is 4.90 Å².